The van der Waals surface area contributed by atoms with Gasteiger partial charge in [0.25, 0.3) is 11.8 Å². The molecule has 3 aliphatic carbocycles. The third-order valence-electron chi connectivity index (χ3n) is 6.50. The Balaban J connectivity index is 1.32. The maximum absolute atomic E-state index is 13.7. The van der Waals surface area contributed by atoms with E-state index in [-0.39, 0.29) is 10.8 Å². The topological polar surface area (TPSA) is 98.9 Å². The standard InChI is InChI=1S/C22H17ClF2N2O5/c23-14-6-5-13(7-15(14)25)31-17(18(26)28)21-8-22(9-21,10-21)27-19(29)16(32-20(27)30)11-1-3-12(24)4-2-11/h1-7,16-17H,8-10H2,(H2,26,28). The molecule has 3 saturated carbocycles. The van der Waals surface area contributed by atoms with E-state index in [0.717, 1.165) is 11.0 Å². The van der Waals surface area contributed by atoms with Gasteiger partial charge in [-0.2, -0.15) is 0 Å². The third kappa shape index (κ3) is 2.95. The summed E-state index contributed by atoms with van der Waals surface area (Å²) in [7, 11) is 0. The second-order valence-electron chi connectivity index (χ2n) is 8.58. The second kappa shape index (κ2) is 6.90. The van der Waals surface area contributed by atoms with Crippen molar-refractivity contribution in [1.82, 2.24) is 4.90 Å². The Morgan fingerprint density at radius 1 is 1.16 bits per heavy atom. The molecule has 166 valence electrons. The molecule has 4 fully saturated rings. The number of rotatable bonds is 6. The number of hydrogen-bond acceptors (Lipinski definition) is 5. The van der Waals surface area contributed by atoms with Gasteiger partial charge in [-0.05, 0) is 43.5 Å². The summed E-state index contributed by atoms with van der Waals surface area (Å²) >= 11 is 5.68. The number of benzene rings is 2. The molecule has 0 spiro atoms. The minimum Gasteiger partial charge on any atom is -0.480 e. The number of imide groups is 1. The number of hydrogen-bond donors (Lipinski definition) is 1. The number of halogens is 3. The first-order valence-corrected chi connectivity index (χ1v) is 10.2. The zero-order valence-corrected chi connectivity index (χ0v) is 17.3. The SMILES string of the molecule is NC(=O)C(Oc1ccc(Cl)c(F)c1)C12CC(N3C(=O)OC(c4ccc(F)cc4)C3=O)(C1)C2. The molecule has 4 aliphatic rings. The van der Waals surface area contributed by atoms with Crippen LogP contribution < -0.4 is 10.5 Å². The van der Waals surface area contributed by atoms with Crippen LogP contribution in [-0.2, 0) is 14.3 Å². The Hall–Kier alpha value is -3.20. The highest BCUT2D eigenvalue weighted by molar-refractivity contribution is 6.30. The largest absolute Gasteiger partial charge is 0.480 e. The molecule has 1 aliphatic heterocycles. The van der Waals surface area contributed by atoms with Crippen molar-refractivity contribution in [3.63, 3.8) is 0 Å². The van der Waals surface area contributed by atoms with E-state index in [0.29, 0.717) is 24.8 Å². The Kier molecular flexibility index (Phi) is 4.46. The van der Waals surface area contributed by atoms with Crippen molar-refractivity contribution >= 4 is 29.5 Å². The number of carbonyl (C=O) groups is 3. The smallest absolute Gasteiger partial charge is 0.418 e. The highest BCUT2D eigenvalue weighted by atomic mass is 35.5. The van der Waals surface area contributed by atoms with Crippen LogP contribution in [0.4, 0.5) is 13.6 Å². The van der Waals surface area contributed by atoms with Crippen molar-refractivity contribution in [2.75, 3.05) is 0 Å². The zero-order chi connectivity index (χ0) is 22.8. The average Bonchev–Trinajstić information content (AvgIpc) is 2.97. The van der Waals surface area contributed by atoms with E-state index >= 15 is 0 Å². The molecule has 2 aromatic carbocycles. The first kappa shape index (κ1) is 20.7. The molecular formula is C22H17ClF2N2O5. The van der Waals surface area contributed by atoms with Crippen molar-refractivity contribution in [1.29, 1.82) is 0 Å². The van der Waals surface area contributed by atoms with Crippen LogP contribution >= 0.6 is 11.6 Å². The summed E-state index contributed by atoms with van der Waals surface area (Å²) in [5.74, 6) is -2.33. The van der Waals surface area contributed by atoms with Crippen molar-refractivity contribution in [3.05, 3.63) is 64.7 Å². The summed E-state index contributed by atoms with van der Waals surface area (Å²) in [6, 6.07) is 8.95. The quantitative estimate of drug-likeness (QED) is 0.708. The lowest BCUT2D eigenvalue weighted by Crippen LogP contribution is -2.80. The molecule has 6 rings (SSSR count). The fourth-order valence-corrected chi connectivity index (χ4v) is 5.30. The third-order valence-corrected chi connectivity index (χ3v) is 6.80. The fraction of sp³-hybridized carbons (Fsp3) is 0.318. The van der Waals surface area contributed by atoms with Gasteiger partial charge in [0.2, 0.25) is 6.10 Å². The summed E-state index contributed by atoms with van der Waals surface area (Å²) in [4.78, 5) is 38.6. The van der Waals surface area contributed by atoms with Gasteiger partial charge in [-0.3, -0.25) is 9.59 Å². The van der Waals surface area contributed by atoms with Gasteiger partial charge in [0.15, 0.2) is 6.10 Å². The van der Waals surface area contributed by atoms with Crippen molar-refractivity contribution in [2.24, 2.45) is 11.1 Å². The van der Waals surface area contributed by atoms with Crippen LogP contribution in [0.1, 0.15) is 30.9 Å². The number of nitrogens with two attached hydrogens (primary N) is 1. The molecule has 10 heteroatoms. The highest BCUT2D eigenvalue weighted by Crippen LogP contribution is 2.72. The molecule has 3 amide bonds. The molecular weight excluding hydrogens is 446 g/mol. The molecule has 2 N–H and O–H groups in total. The molecule has 2 atom stereocenters. The molecule has 1 heterocycles. The monoisotopic (exact) mass is 462 g/mol. The van der Waals surface area contributed by atoms with E-state index < -0.39 is 52.7 Å². The first-order chi connectivity index (χ1) is 15.1. The Morgan fingerprint density at radius 3 is 2.41 bits per heavy atom. The minimum atomic E-state index is -1.15. The summed E-state index contributed by atoms with van der Waals surface area (Å²) in [5.41, 5.74) is 4.46. The van der Waals surface area contributed by atoms with Crippen LogP contribution in [0.3, 0.4) is 0 Å². The van der Waals surface area contributed by atoms with Crippen LogP contribution in [0.25, 0.3) is 0 Å². The van der Waals surface area contributed by atoms with Crippen LogP contribution in [0.15, 0.2) is 42.5 Å². The van der Waals surface area contributed by atoms with Gasteiger partial charge in [-0.1, -0.05) is 23.7 Å². The maximum atomic E-state index is 13.7. The van der Waals surface area contributed by atoms with Gasteiger partial charge in [0.1, 0.15) is 17.4 Å². The molecule has 7 nitrogen and oxygen atoms in total. The van der Waals surface area contributed by atoms with Gasteiger partial charge in [-0.25, -0.2) is 18.5 Å². The second-order valence-corrected chi connectivity index (χ2v) is 8.99. The minimum absolute atomic E-state index is 0.0841. The van der Waals surface area contributed by atoms with Gasteiger partial charge in [0.05, 0.1) is 10.6 Å². The Labute approximate surface area is 186 Å². The van der Waals surface area contributed by atoms with E-state index in [1.54, 1.807) is 0 Å². The Bertz CT molecular complexity index is 1140. The molecule has 2 bridgehead atoms. The molecule has 1 saturated heterocycles. The zero-order valence-electron chi connectivity index (χ0n) is 16.5. The lowest BCUT2D eigenvalue weighted by atomic mass is 9.37. The van der Waals surface area contributed by atoms with Gasteiger partial charge >= 0.3 is 6.09 Å². The lowest BCUT2D eigenvalue weighted by molar-refractivity contribution is -0.236. The van der Waals surface area contributed by atoms with Gasteiger partial charge < -0.3 is 15.2 Å². The molecule has 0 radical (unpaired) electrons. The van der Waals surface area contributed by atoms with Crippen LogP contribution in [0.2, 0.25) is 5.02 Å². The Morgan fingerprint density at radius 2 is 1.81 bits per heavy atom. The van der Waals surface area contributed by atoms with Crippen molar-refractivity contribution in [3.8, 4) is 5.75 Å². The van der Waals surface area contributed by atoms with E-state index in [9.17, 15) is 23.2 Å². The van der Waals surface area contributed by atoms with E-state index in [1.165, 1.54) is 36.4 Å². The van der Waals surface area contributed by atoms with E-state index in [1.807, 2.05) is 0 Å². The van der Waals surface area contributed by atoms with Crippen molar-refractivity contribution < 1.29 is 32.6 Å². The van der Waals surface area contributed by atoms with Gasteiger partial charge in [0, 0.05) is 17.0 Å². The summed E-state index contributed by atoms with van der Waals surface area (Å²) in [5, 5.41) is -0.0841. The molecule has 0 aromatic heterocycles. The first-order valence-electron chi connectivity index (χ1n) is 9.85. The molecule has 32 heavy (non-hydrogen) atoms. The fourth-order valence-electron chi connectivity index (χ4n) is 5.18. The normalized spacial score (nSPS) is 29.1. The number of amides is 3. The number of nitrogens with zero attached hydrogens (tertiary/aromatic N) is 1. The van der Waals surface area contributed by atoms with Crippen LogP contribution in [-0.4, -0.2) is 34.5 Å². The van der Waals surface area contributed by atoms with Crippen LogP contribution in [0, 0.1) is 17.0 Å². The van der Waals surface area contributed by atoms with Crippen molar-refractivity contribution in [2.45, 2.75) is 37.0 Å². The molecule has 2 aromatic rings. The van der Waals surface area contributed by atoms with E-state index in [2.05, 4.69) is 0 Å². The summed E-state index contributed by atoms with van der Waals surface area (Å²) < 4.78 is 37.9. The number of cyclic esters (lactones) is 1. The average molecular weight is 463 g/mol. The number of ether oxygens (including phenoxy) is 2. The highest BCUT2D eigenvalue weighted by Gasteiger charge is 2.78. The van der Waals surface area contributed by atoms with Crippen LogP contribution in [0.5, 0.6) is 5.75 Å². The lowest BCUT2D eigenvalue weighted by Gasteiger charge is -2.72. The summed E-state index contributed by atoms with van der Waals surface area (Å²) in [6.45, 7) is 0. The number of primary amides is 1. The maximum Gasteiger partial charge on any atom is 0.418 e. The predicted octanol–water partition coefficient (Wildman–Crippen LogP) is 3.49. The van der Waals surface area contributed by atoms with E-state index in [4.69, 9.17) is 26.8 Å². The summed E-state index contributed by atoms with van der Waals surface area (Å²) in [6.07, 6.45) is -2.07. The van der Waals surface area contributed by atoms with Gasteiger partial charge in [-0.15, -0.1) is 0 Å². The number of carbonyl (C=O) groups excluding carboxylic acids is 3. The molecule has 2 unspecified atom stereocenters. The predicted molar refractivity (Wildman–Crippen MR) is 107 cm³/mol.